The minimum atomic E-state index is -0.137. The van der Waals surface area contributed by atoms with Crippen LogP contribution in [-0.4, -0.2) is 17.9 Å². The normalized spacial score (nSPS) is 11.2. The summed E-state index contributed by atoms with van der Waals surface area (Å²) in [7, 11) is 1.85. The second-order valence-corrected chi connectivity index (χ2v) is 6.43. The van der Waals surface area contributed by atoms with Crippen LogP contribution in [0.3, 0.4) is 0 Å². The van der Waals surface area contributed by atoms with Crippen LogP contribution in [0.4, 0.5) is 10.8 Å². The fraction of sp³-hybridized carbons (Fsp3) is 0.333. The molecule has 1 amide bonds. The lowest BCUT2D eigenvalue weighted by molar-refractivity contribution is 0.102. The minimum absolute atomic E-state index is 0.00603. The molecular formula is C15H19N3OS. The molecule has 0 fully saturated rings. The molecule has 0 bridgehead atoms. The van der Waals surface area contributed by atoms with Gasteiger partial charge in [0.25, 0.3) is 5.91 Å². The zero-order valence-corrected chi connectivity index (χ0v) is 13.0. The molecule has 20 heavy (non-hydrogen) atoms. The van der Waals surface area contributed by atoms with Crippen LogP contribution in [0.1, 0.15) is 36.8 Å². The SMILES string of the molecule is CNc1ccc(C(=O)Nc2nc(C(C)(C)C)cs2)cc1. The molecule has 2 rings (SSSR count). The molecule has 0 unspecified atom stereocenters. The molecule has 0 aliphatic carbocycles. The first-order valence-corrected chi connectivity index (χ1v) is 7.33. The van der Waals surface area contributed by atoms with Gasteiger partial charge in [-0.3, -0.25) is 10.1 Å². The van der Waals surface area contributed by atoms with Gasteiger partial charge in [-0.2, -0.15) is 0 Å². The molecule has 0 aliphatic heterocycles. The molecule has 1 aromatic heterocycles. The van der Waals surface area contributed by atoms with Crippen molar-refractivity contribution in [1.82, 2.24) is 4.98 Å². The number of thiazole rings is 1. The molecule has 2 N–H and O–H groups in total. The van der Waals surface area contributed by atoms with Gasteiger partial charge < -0.3 is 5.32 Å². The number of nitrogens with one attached hydrogen (secondary N) is 2. The quantitative estimate of drug-likeness (QED) is 0.905. The van der Waals surface area contributed by atoms with Crippen molar-refractivity contribution in [2.45, 2.75) is 26.2 Å². The monoisotopic (exact) mass is 289 g/mol. The summed E-state index contributed by atoms with van der Waals surface area (Å²) < 4.78 is 0. The van der Waals surface area contributed by atoms with Crippen LogP contribution in [0.25, 0.3) is 0 Å². The zero-order chi connectivity index (χ0) is 14.8. The fourth-order valence-corrected chi connectivity index (χ4v) is 2.57. The average Bonchev–Trinajstić information content (AvgIpc) is 2.87. The summed E-state index contributed by atoms with van der Waals surface area (Å²) in [5.74, 6) is -0.137. The molecule has 0 spiro atoms. The Balaban J connectivity index is 2.09. The molecule has 4 nitrogen and oxygen atoms in total. The van der Waals surface area contributed by atoms with E-state index in [4.69, 9.17) is 0 Å². The summed E-state index contributed by atoms with van der Waals surface area (Å²) in [4.78, 5) is 16.6. The van der Waals surface area contributed by atoms with E-state index in [0.717, 1.165) is 11.4 Å². The number of benzene rings is 1. The predicted molar refractivity (Wildman–Crippen MR) is 84.8 cm³/mol. The molecule has 2 aromatic rings. The molecule has 0 atom stereocenters. The van der Waals surface area contributed by atoms with Crippen molar-refractivity contribution in [2.75, 3.05) is 17.7 Å². The highest BCUT2D eigenvalue weighted by molar-refractivity contribution is 7.14. The molecule has 106 valence electrons. The largest absolute Gasteiger partial charge is 0.388 e. The third kappa shape index (κ3) is 3.36. The van der Waals surface area contributed by atoms with Crippen molar-refractivity contribution >= 4 is 28.1 Å². The van der Waals surface area contributed by atoms with Gasteiger partial charge in [0.1, 0.15) is 0 Å². The molecule has 0 radical (unpaired) electrons. The average molecular weight is 289 g/mol. The number of aromatic nitrogens is 1. The lowest BCUT2D eigenvalue weighted by Crippen LogP contribution is -2.14. The van der Waals surface area contributed by atoms with Crippen LogP contribution in [0, 0.1) is 0 Å². The van der Waals surface area contributed by atoms with Gasteiger partial charge >= 0.3 is 0 Å². The lowest BCUT2D eigenvalue weighted by Gasteiger charge is -2.14. The van der Waals surface area contributed by atoms with Gasteiger partial charge in [0.05, 0.1) is 5.69 Å². The Hall–Kier alpha value is -1.88. The van der Waals surface area contributed by atoms with E-state index in [1.165, 1.54) is 11.3 Å². The van der Waals surface area contributed by atoms with Gasteiger partial charge in [-0.1, -0.05) is 20.8 Å². The first kappa shape index (κ1) is 14.5. The van der Waals surface area contributed by atoms with Crippen molar-refractivity contribution in [3.05, 3.63) is 40.9 Å². The molecule has 5 heteroatoms. The van der Waals surface area contributed by atoms with Crippen molar-refractivity contribution in [3.63, 3.8) is 0 Å². The number of nitrogens with zero attached hydrogens (tertiary/aromatic N) is 1. The smallest absolute Gasteiger partial charge is 0.257 e. The third-order valence-corrected chi connectivity index (χ3v) is 3.69. The Morgan fingerprint density at radius 1 is 1.20 bits per heavy atom. The van der Waals surface area contributed by atoms with Crippen LogP contribution in [0.5, 0.6) is 0 Å². The third-order valence-electron chi connectivity index (χ3n) is 2.93. The Morgan fingerprint density at radius 3 is 2.35 bits per heavy atom. The fourth-order valence-electron chi connectivity index (χ4n) is 1.63. The lowest BCUT2D eigenvalue weighted by atomic mass is 9.93. The number of amides is 1. The van der Waals surface area contributed by atoms with Gasteiger partial charge in [-0.25, -0.2) is 4.98 Å². The second-order valence-electron chi connectivity index (χ2n) is 5.57. The Morgan fingerprint density at radius 2 is 1.85 bits per heavy atom. The van der Waals surface area contributed by atoms with Gasteiger partial charge in [-0.05, 0) is 24.3 Å². The van der Waals surface area contributed by atoms with Crippen molar-refractivity contribution in [2.24, 2.45) is 0 Å². The summed E-state index contributed by atoms with van der Waals surface area (Å²) in [5.41, 5.74) is 2.58. The molecule has 0 aliphatic rings. The standard InChI is InChI=1S/C15H19N3OS/c1-15(2,3)12-9-20-14(17-12)18-13(19)10-5-7-11(16-4)8-6-10/h5-9,16H,1-4H3,(H,17,18,19). The van der Waals surface area contributed by atoms with E-state index < -0.39 is 0 Å². The Labute approximate surface area is 123 Å². The van der Waals surface area contributed by atoms with E-state index in [1.807, 2.05) is 24.6 Å². The maximum Gasteiger partial charge on any atom is 0.257 e. The highest BCUT2D eigenvalue weighted by atomic mass is 32.1. The summed E-state index contributed by atoms with van der Waals surface area (Å²) in [6.07, 6.45) is 0. The first-order valence-electron chi connectivity index (χ1n) is 6.45. The number of hydrogen-bond acceptors (Lipinski definition) is 4. The molecule has 1 heterocycles. The van der Waals surface area contributed by atoms with E-state index >= 15 is 0 Å². The Bertz CT molecular complexity index is 596. The van der Waals surface area contributed by atoms with Crippen LogP contribution >= 0.6 is 11.3 Å². The van der Waals surface area contributed by atoms with E-state index in [1.54, 1.807) is 12.1 Å². The van der Waals surface area contributed by atoms with E-state index in [2.05, 4.69) is 36.4 Å². The topological polar surface area (TPSA) is 54.0 Å². The molecular weight excluding hydrogens is 270 g/mol. The second kappa shape index (κ2) is 5.63. The summed E-state index contributed by atoms with van der Waals surface area (Å²) >= 11 is 1.45. The summed E-state index contributed by atoms with van der Waals surface area (Å²) in [5, 5.41) is 8.48. The number of carbonyl (C=O) groups excluding carboxylic acids is 1. The van der Waals surface area contributed by atoms with Crippen LogP contribution in [-0.2, 0) is 5.41 Å². The van der Waals surface area contributed by atoms with E-state index in [9.17, 15) is 4.79 Å². The number of anilines is 2. The Kier molecular flexibility index (Phi) is 4.09. The predicted octanol–water partition coefficient (Wildman–Crippen LogP) is 3.73. The minimum Gasteiger partial charge on any atom is -0.388 e. The van der Waals surface area contributed by atoms with E-state index in [-0.39, 0.29) is 11.3 Å². The van der Waals surface area contributed by atoms with Crippen molar-refractivity contribution < 1.29 is 4.79 Å². The van der Waals surface area contributed by atoms with Gasteiger partial charge in [0.15, 0.2) is 5.13 Å². The van der Waals surface area contributed by atoms with Crippen molar-refractivity contribution in [3.8, 4) is 0 Å². The highest BCUT2D eigenvalue weighted by Gasteiger charge is 2.18. The maximum absolute atomic E-state index is 12.1. The number of rotatable bonds is 3. The number of hydrogen-bond donors (Lipinski definition) is 2. The van der Waals surface area contributed by atoms with Gasteiger partial charge in [0, 0.05) is 29.1 Å². The van der Waals surface area contributed by atoms with E-state index in [0.29, 0.717) is 10.7 Å². The number of carbonyl (C=O) groups is 1. The summed E-state index contributed by atoms with van der Waals surface area (Å²) in [6.45, 7) is 6.30. The molecule has 0 saturated carbocycles. The zero-order valence-electron chi connectivity index (χ0n) is 12.2. The van der Waals surface area contributed by atoms with Gasteiger partial charge in [0.2, 0.25) is 0 Å². The highest BCUT2D eigenvalue weighted by Crippen LogP contribution is 2.26. The molecule has 1 aromatic carbocycles. The first-order chi connectivity index (χ1) is 9.40. The van der Waals surface area contributed by atoms with Crippen LogP contribution in [0.15, 0.2) is 29.6 Å². The molecule has 0 saturated heterocycles. The maximum atomic E-state index is 12.1. The van der Waals surface area contributed by atoms with Crippen molar-refractivity contribution in [1.29, 1.82) is 0 Å². The van der Waals surface area contributed by atoms with Crippen LogP contribution < -0.4 is 10.6 Å². The van der Waals surface area contributed by atoms with Crippen LogP contribution in [0.2, 0.25) is 0 Å². The van der Waals surface area contributed by atoms with Gasteiger partial charge in [-0.15, -0.1) is 11.3 Å². The summed E-state index contributed by atoms with van der Waals surface area (Å²) in [6, 6.07) is 7.33.